The van der Waals surface area contributed by atoms with Crippen LogP contribution in [0, 0.1) is 0 Å². The maximum atomic E-state index is 5.46. The van der Waals surface area contributed by atoms with Crippen molar-refractivity contribution in [1.82, 2.24) is 0 Å². The first-order chi connectivity index (χ1) is 4.31. The summed E-state index contributed by atoms with van der Waals surface area (Å²) in [6.07, 6.45) is 3.06. The molecular formula is C7H13ClO. The van der Waals surface area contributed by atoms with E-state index in [2.05, 4.69) is 6.58 Å². The van der Waals surface area contributed by atoms with Gasteiger partial charge >= 0.3 is 0 Å². The molecule has 0 N–H and O–H groups in total. The van der Waals surface area contributed by atoms with E-state index < -0.39 is 0 Å². The Bertz CT molecular complexity index is 81.0. The van der Waals surface area contributed by atoms with Crippen molar-refractivity contribution in [2.75, 3.05) is 13.0 Å². The van der Waals surface area contributed by atoms with Crippen molar-refractivity contribution >= 4 is 11.6 Å². The van der Waals surface area contributed by atoms with Crippen molar-refractivity contribution in [1.29, 1.82) is 0 Å². The number of hydrogen-bond acceptors (Lipinski definition) is 1. The molecule has 0 bridgehead atoms. The maximum absolute atomic E-state index is 5.46. The molecule has 0 aromatic heterocycles. The first-order valence-electron chi connectivity index (χ1n) is 3.09. The van der Waals surface area contributed by atoms with Gasteiger partial charge in [-0.15, -0.1) is 11.6 Å². The Morgan fingerprint density at radius 2 is 2.22 bits per heavy atom. The highest BCUT2D eigenvalue weighted by Gasteiger charge is 1.90. The predicted molar refractivity (Wildman–Crippen MR) is 40.7 cm³/mol. The number of halogens is 1. The highest BCUT2D eigenvalue weighted by molar-refractivity contribution is 6.17. The van der Waals surface area contributed by atoms with Crippen LogP contribution >= 0.6 is 11.6 Å². The molecule has 0 fully saturated rings. The zero-order valence-corrected chi connectivity index (χ0v) is 6.58. The van der Waals surface area contributed by atoms with Crippen molar-refractivity contribution in [3.8, 4) is 0 Å². The van der Waals surface area contributed by atoms with Gasteiger partial charge < -0.3 is 4.74 Å². The lowest BCUT2D eigenvalue weighted by molar-refractivity contribution is 0.277. The molecular weight excluding hydrogens is 136 g/mol. The second-order valence-electron chi connectivity index (χ2n) is 1.89. The zero-order chi connectivity index (χ0) is 7.11. The van der Waals surface area contributed by atoms with Crippen molar-refractivity contribution in [3.05, 3.63) is 12.3 Å². The summed E-state index contributed by atoms with van der Waals surface area (Å²) in [4.78, 5) is 0. The Morgan fingerprint density at radius 1 is 1.56 bits per heavy atom. The maximum Gasteiger partial charge on any atom is 0.0883 e. The molecule has 54 valence electrons. The molecule has 0 aliphatic heterocycles. The third kappa shape index (κ3) is 5.71. The second-order valence-corrected chi connectivity index (χ2v) is 2.27. The van der Waals surface area contributed by atoms with Crippen LogP contribution in [0.15, 0.2) is 12.3 Å². The minimum Gasteiger partial charge on any atom is -0.502 e. The van der Waals surface area contributed by atoms with E-state index in [-0.39, 0.29) is 0 Å². The van der Waals surface area contributed by atoms with Gasteiger partial charge in [-0.25, -0.2) is 0 Å². The van der Waals surface area contributed by atoms with E-state index in [0.717, 1.165) is 30.9 Å². The second kappa shape index (κ2) is 5.96. The van der Waals surface area contributed by atoms with Gasteiger partial charge in [0.1, 0.15) is 0 Å². The van der Waals surface area contributed by atoms with Gasteiger partial charge in [0.25, 0.3) is 0 Å². The van der Waals surface area contributed by atoms with Crippen molar-refractivity contribution < 1.29 is 4.74 Å². The van der Waals surface area contributed by atoms with Gasteiger partial charge in [0.2, 0.25) is 0 Å². The van der Waals surface area contributed by atoms with Gasteiger partial charge in [0.15, 0.2) is 0 Å². The Hall–Kier alpha value is -0.170. The molecule has 0 spiro atoms. The molecule has 0 unspecified atom stereocenters. The molecule has 0 rings (SSSR count). The minimum absolute atomic E-state index is 0.733. The van der Waals surface area contributed by atoms with Gasteiger partial charge in [-0.05, 0) is 12.8 Å². The highest BCUT2D eigenvalue weighted by atomic mass is 35.5. The summed E-state index contributed by atoms with van der Waals surface area (Å²) in [5.74, 6) is 1.58. The highest BCUT2D eigenvalue weighted by Crippen LogP contribution is 2.05. The summed E-state index contributed by atoms with van der Waals surface area (Å²) in [7, 11) is 1.64. The average Bonchev–Trinajstić information content (AvgIpc) is 1.89. The molecule has 0 atom stereocenters. The van der Waals surface area contributed by atoms with E-state index in [4.69, 9.17) is 16.3 Å². The third-order valence-corrected chi connectivity index (χ3v) is 1.40. The number of allylic oxidation sites excluding steroid dienone is 1. The molecule has 9 heavy (non-hydrogen) atoms. The van der Waals surface area contributed by atoms with Crippen LogP contribution in [0.4, 0.5) is 0 Å². The van der Waals surface area contributed by atoms with Crippen LogP contribution < -0.4 is 0 Å². The number of methoxy groups -OCH3 is 1. The summed E-state index contributed by atoms with van der Waals surface area (Å²) in [6.45, 7) is 3.68. The molecule has 0 saturated carbocycles. The minimum atomic E-state index is 0.733. The Morgan fingerprint density at radius 3 is 2.67 bits per heavy atom. The molecule has 0 amide bonds. The van der Waals surface area contributed by atoms with Gasteiger partial charge in [0.05, 0.1) is 12.9 Å². The molecule has 1 nitrogen and oxygen atoms in total. The Kier molecular flexibility index (Phi) is 5.85. The lowest BCUT2D eigenvalue weighted by Gasteiger charge is -2.00. The fourth-order valence-electron chi connectivity index (χ4n) is 0.519. The zero-order valence-electron chi connectivity index (χ0n) is 5.82. The van der Waals surface area contributed by atoms with E-state index in [0.29, 0.717) is 0 Å². The predicted octanol–water partition coefficient (Wildman–Crippen LogP) is 2.56. The lowest BCUT2D eigenvalue weighted by Crippen LogP contribution is -1.84. The number of hydrogen-bond donors (Lipinski definition) is 0. The average molecular weight is 149 g/mol. The Balaban J connectivity index is 2.97. The normalized spacial score (nSPS) is 9.11. The van der Waals surface area contributed by atoms with Gasteiger partial charge in [0, 0.05) is 12.3 Å². The summed E-state index contributed by atoms with van der Waals surface area (Å²) in [6, 6.07) is 0. The van der Waals surface area contributed by atoms with E-state index in [1.807, 2.05) is 0 Å². The standard InChI is InChI=1S/C7H13ClO/c1-7(9-2)5-3-4-6-8/h1,3-6H2,2H3. The Labute approximate surface area is 61.7 Å². The topological polar surface area (TPSA) is 9.23 Å². The molecule has 0 aliphatic carbocycles. The first kappa shape index (κ1) is 8.83. The van der Waals surface area contributed by atoms with Crippen LogP contribution in [0.3, 0.4) is 0 Å². The van der Waals surface area contributed by atoms with Crippen LogP contribution in [0.25, 0.3) is 0 Å². The third-order valence-electron chi connectivity index (χ3n) is 1.13. The quantitative estimate of drug-likeness (QED) is 0.331. The smallest absolute Gasteiger partial charge is 0.0883 e. The van der Waals surface area contributed by atoms with Gasteiger partial charge in [-0.2, -0.15) is 0 Å². The van der Waals surface area contributed by atoms with Crippen LogP contribution in [0.2, 0.25) is 0 Å². The number of ether oxygens (including phenoxy) is 1. The number of rotatable bonds is 5. The monoisotopic (exact) mass is 148 g/mol. The molecule has 0 saturated heterocycles. The van der Waals surface area contributed by atoms with E-state index in [1.54, 1.807) is 7.11 Å². The fourth-order valence-corrected chi connectivity index (χ4v) is 0.708. The molecule has 0 aliphatic rings. The molecule has 0 heterocycles. The lowest BCUT2D eigenvalue weighted by atomic mass is 10.2. The van der Waals surface area contributed by atoms with Crippen LogP contribution in [-0.2, 0) is 4.74 Å². The van der Waals surface area contributed by atoms with E-state index in [1.165, 1.54) is 0 Å². The largest absolute Gasteiger partial charge is 0.502 e. The summed E-state index contributed by atoms with van der Waals surface area (Å²) < 4.78 is 4.86. The van der Waals surface area contributed by atoms with Gasteiger partial charge in [-0.3, -0.25) is 0 Å². The molecule has 0 aromatic carbocycles. The molecule has 0 aromatic rings. The first-order valence-corrected chi connectivity index (χ1v) is 3.62. The van der Waals surface area contributed by atoms with Crippen molar-refractivity contribution in [2.45, 2.75) is 19.3 Å². The summed E-state index contributed by atoms with van der Waals surface area (Å²) in [5.41, 5.74) is 0. The molecule has 0 radical (unpaired) electrons. The fraction of sp³-hybridized carbons (Fsp3) is 0.714. The molecule has 2 heteroatoms. The summed E-state index contributed by atoms with van der Waals surface area (Å²) >= 11 is 5.46. The van der Waals surface area contributed by atoms with Crippen molar-refractivity contribution in [2.24, 2.45) is 0 Å². The van der Waals surface area contributed by atoms with Crippen molar-refractivity contribution in [3.63, 3.8) is 0 Å². The van der Waals surface area contributed by atoms with Gasteiger partial charge in [-0.1, -0.05) is 6.58 Å². The van der Waals surface area contributed by atoms with E-state index in [9.17, 15) is 0 Å². The van der Waals surface area contributed by atoms with Crippen LogP contribution in [0.1, 0.15) is 19.3 Å². The number of unbranched alkanes of at least 4 members (excludes halogenated alkanes) is 1. The summed E-state index contributed by atoms with van der Waals surface area (Å²) in [5, 5.41) is 0. The van der Waals surface area contributed by atoms with E-state index >= 15 is 0 Å². The SMILES string of the molecule is C=C(CCCCCl)OC. The van der Waals surface area contributed by atoms with Crippen LogP contribution in [0.5, 0.6) is 0 Å². The van der Waals surface area contributed by atoms with Crippen LogP contribution in [-0.4, -0.2) is 13.0 Å². The number of alkyl halides is 1.